The summed E-state index contributed by atoms with van der Waals surface area (Å²) in [6, 6.07) is 5.30. The molecule has 0 saturated carbocycles. The third-order valence-electron chi connectivity index (χ3n) is 2.67. The fraction of sp³-hybridized carbons (Fsp3) is 0.364. The Hall–Kier alpha value is -1.51. The minimum absolute atomic E-state index is 0.113. The summed E-state index contributed by atoms with van der Waals surface area (Å²) in [6.07, 6.45) is 0.561. The van der Waals surface area contributed by atoms with Gasteiger partial charge >= 0.3 is 0 Å². The van der Waals surface area contributed by atoms with Crippen LogP contribution in [0.4, 0.5) is 0 Å². The summed E-state index contributed by atoms with van der Waals surface area (Å²) >= 11 is 0. The van der Waals surface area contributed by atoms with Gasteiger partial charge in [-0.25, -0.2) is 0 Å². The van der Waals surface area contributed by atoms with Gasteiger partial charge in [-0.1, -0.05) is 6.07 Å². The number of phenolic OH excluding ortho intramolecular Hbond substituents is 1. The highest BCUT2D eigenvalue weighted by Gasteiger charge is 2.23. The monoisotopic (exact) mass is 191 g/mol. The molecule has 0 spiro atoms. The molecule has 1 aliphatic rings. The summed E-state index contributed by atoms with van der Waals surface area (Å²) in [6.45, 7) is 2.67. The Kier molecular flexibility index (Phi) is 2.15. The minimum Gasteiger partial charge on any atom is -0.508 e. The number of benzene rings is 1. The molecular weight excluding hydrogens is 178 g/mol. The molecule has 0 aromatic heterocycles. The summed E-state index contributed by atoms with van der Waals surface area (Å²) in [7, 11) is 0. The van der Waals surface area contributed by atoms with Crippen LogP contribution in [0.3, 0.4) is 0 Å². The first-order chi connectivity index (χ1) is 6.66. The summed E-state index contributed by atoms with van der Waals surface area (Å²) < 4.78 is 0. The lowest BCUT2D eigenvalue weighted by Gasteiger charge is -2.11. The number of carbonyl (C=O) groups is 1. The number of amides is 1. The fourth-order valence-electron chi connectivity index (χ4n) is 1.94. The summed E-state index contributed by atoms with van der Waals surface area (Å²) in [5.41, 5.74) is 2.20. The number of nitrogens with one attached hydrogen (secondary N) is 1. The van der Waals surface area contributed by atoms with Gasteiger partial charge < -0.3 is 10.4 Å². The largest absolute Gasteiger partial charge is 0.508 e. The number of aryl methyl sites for hydroxylation is 1. The zero-order chi connectivity index (χ0) is 10.1. The van der Waals surface area contributed by atoms with Gasteiger partial charge in [0.1, 0.15) is 5.75 Å². The van der Waals surface area contributed by atoms with Crippen molar-refractivity contribution in [3.8, 4) is 5.75 Å². The Morgan fingerprint density at radius 3 is 2.86 bits per heavy atom. The standard InChI is InChI=1S/C11H13NO2/c1-7-4-9(13)2-3-10(7)8-5-11(14)12-6-8/h2-4,8,13H,5-6H2,1H3,(H,12,14). The maximum atomic E-state index is 11.0. The molecule has 1 fully saturated rings. The van der Waals surface area contributed by atoms with E-state index in [1.807, 2.05) is 13.0 Å². The average Bonchev–Trinajstić information content (AvgIpc) is 2.51. The van der Waals surface area contributed by atoms with Crippen LogP contribution in [0.5, 0.6) is 5.75 Å². The maximum absolute atomic E-state index is 11.0. The van der Waals surface area contributed by atoms with E-state index in [-0.39, 0.29) is 17.6 Å². The molecule has 2 N–H and O–H groups in total. The Morgan fingerprint density at radius 2 is 2.29 bits per heavy atom. The number of hydrogen-bond donors (Lipinski definition) is 2. The van der Waals surface area contributed by atoms with Gasteiger partial charge in [0.2, 0.25) is 5.91 Å². The summed E-state index contributed by atoms with van der Waals surface area (Å²) in [5.74, 6) is 0.661. The zero-order valence-corrected chi connectivity index (χ0v) is 8.08. The van der Waals surface area contributed by atoms with Gasteiger partial charge in [0.05, 0.1) is 0 Å². The van der Waals surface area contributed by atoms with Crippen LogP contribution in [0.2, 0.25) is 0 Å². The van der Waals surface area contributed by atoms with Crippen molar-refractivity contribution in [3.05, 3.63) is 29.3 Å². The first kappa shape index (κ1) is 9.06. The van der Waals surface area contributed by atoms with Crippen LogP contribution in [-0.4, -0.2) is 17.6 Å². The number of phenols is 1. The number of carbonyl (C=O) groups excluding carboxylic acids is 1. The first-order valence-corrected chi connectivity index (χ1v) is 4.73. The molecule has 0 bridgehead atoms. The molecule has 1 saturated heterocycles. The molecule has 3 heteroatoms. The predicted octanol–water partition coefficient (Wildman–Crippen LogP) is 1.30. The van der Waals surface area contributed by atoms with Gasteiger partial charge in [-0.2, -0.15) is 0 Å². The lowest BCUT2D eigenvalue weighted by Crippen LogP contribution is -2.13. The quantitative estimate of drug-likeness (QED) is 0.703. The minimum atomic E-state index is 0.113. The predicted molar refractivity (Wildman–Crippen MR) is 53.2 cm³/mol. The lowest BCUT2D eigenvalue weighted by molar-refractivity contribution is -0.119. The SMILES string of the molecule is Cc1cc(O)ccc1C1CNC(=O)C1. The van der Waals surface area contributed by atoms with Crippen LogP contribution in [-0.2, 0) is 4.79 Å². The van der Waals surface area contributed by atoms with Crippen LogP contribution in [0, 0.1) is 6.92 Å². The van der Waals surface area contributed by atoms with E-state index in [0.29, 0.717) is 13.0 Å². The number of rotatable bonds is 1. The van der Waals surface area contributed by atoms with Crippen LogP contribution < -0.4 is 5.32 Å². The van der Waals surface area contributed by atoms with E-state index in [0.717, 1.165) is 11.1 Å². The number of aromatic hydroxyl groups is 1. The summed E-state index contributed by atoms with van der Waals surface area (Å²) in [5, 5.41) is 12.1. The molecule has 1 aromatic rings. The van der Waals surface area contributed by atoms with Crippen LogP contribution >= 0.6 is 0 Å². The Bertz CT molecular complexity index is 374. The molecular formula is C11H13NO2. The second-order valence-electron chi connectivity index (χ2n) is 3.75. The Morgan fingerprint density at radius 1 is 1.50 bits per heavy atom. The van der Waals surface area contributed by atoms with Crippen LogP contribution in [0.25, 0.3) is 0 Å². The van der Waals surface area contributed by atoms with Gasteiger partial charge in [-0.15, -0.1) is 0 Å². The van der Waals surface area contributed by atoms with E-state index in [1.54, 1.807) is 12.1 Å². The maximum Gasteiger partial charge on any atom is 0.220 e. The van der Waals surface area contributed by atoms with Gasteiger partial charge in [0.15, 0.2) is 0 Å². The molecule has 1 amide bonds. The zero-order valence-electron chi connectivity index (χ0n) is 8.08. The van der Waals surface area contributed by atoms with Crippen LogP contribution in [0.1, 0.15) is 23.5 Å². The highest BCUT2D eigenvalue weighted by atomic mass is 16.3. The van der Waals surface area contributed by atoms with Crippen LogP contribution in [0.15, 0.2) is 18.2 Å². The molecule has 0 radical (unpaired) electrons. The Balaban J connectivity index is 2.28. The smallest absolute Gasteiger partial charge is 0.220 e. The molecule has 1 unspecified atom stereocenters. The second-order valence-corrected chi connectivity index (χ2v) is 3.75. The first-order valence-electron chi connectivity index (χ1n) is 4.73. The van der Waals surface area contributed by atoms with Crippen molar-refractivity contribution < 1.29 is 9.90 Å². The van der Waals surface area contributed by atoms with Crippen molar-refractivity contribution in [2.45, 2.75) is 19.3 Å². The fourth-order valence-corrected chi connectivity index (χ4v) is 1.94. The van der Waals surface area contributed by atoms with E-state index < -0.39 is 0 Å². The highest BCUT2D eigenvalue weighted by molar-refractivity contribution is 5.79. The van der Waals surface area contributed by atoms with Crippen molar-refractivity contribution >= 4 is 5.91 Å². The average molecular weight is 191 g/mol. The van der Waals surface area contributed by atoms with Crippen molar-refractivity contribution in [1.82, 2.24) is 5.32 Å². The van der Waals surface area contributed by atoms with Gasteiger partial charge in [0.25, 0.3) is 0 Å². The van der Waals surface area contributed by atoms with Crippen molar-refractivity contribution in [2.75, 3.05) is 6.54 Å². The molecule has 74 valence electrons. The summed E-state index contributed by atoms with van der Waals surface area (Å²) in [4.78, 5) is 11.0. The van der Waals surface area contributed by atoms with Crippen molar-refractivity contribution in [3.63, 3.8) is 0 Å². The molecule has 1 atom stereocenters. The van der Waals surface area contributed by atoms with Gasteiger partial charge in [0, 0.05) is 18.9 Å². The topological polar surface area (TPSA) is 49.3 Å². The van der Waals surface area contributed by atoms with E-state index in [9.17, 15) is 9.90 Å². The van der Waals surface area contributed by atoms with Gasteiger partial charge in [-0.3, -0.25) is 4.79 Å². The van der Waals surface area contributed by atoms with Crippen molar-refractivity contribution in [1.29, 1.82) is 0 Å². The third kappa shape index (κ3) is 1.58. The molecule has 1 aromatic carbocycles. The molecule has 2 rings (SSSR count). The normalized spacial score (nSPS) is 20.9. The Labute approximate surface area is 82.8 Å². The molecule has 3 nitrogen and oxygen atoms in total. The van der Waals surface area contributed by atoms with E-state index in [4.69, 9.17) is 0 Å². The van der Waals surface area contributed by atoms with Gasteiger partial charge in [-0.05, 0) is 30.2 Å². The molecule has 1 heterocycles. The number of hydrogen-bond acceptors (Lipinski definition) is 2. The van der Waals surface area contributed by atoms with Crippen molar-refractivity contribution in [2.24, 2.45) is 0 Å². The molecule has 0 aliphatic carbocycles. The lowest BCUT2D eigenvalue weighted by atomic mass is 9.94. The third-order valence-corrected chi connectivity index (χ3v) is 2.67. The highest BCUT2D eigenvalue weighted by Crippen LogP contribution is 2.27. The molecule has 1 aliphatic heterocycles. The van der Waals surface area contributed by atoms with E-state index in [2.05, 4.69) is 5.32 Å². The van der Waals surface area contributed by atoms with E-state index >= 15 is 0 Å². The molecule has 14 heavy (non-hydrogen) atoms. The van der Waals surface area contributed by atoms with E-state index in [1.165, 1.54) is 0 Å². The second kappa shape index (κ2) is 3.33.